The van der Waals surface area contributed by atoms with E-state index in [1.165, 1.54) is 32.2 Å². The fourth-order valence-electron chi connectivity index (χ4n) is 2.30. The lowest BCUT2D eigenvalue weighted by atomic mass is 9.98. The van der Waals surface area contributed by atoms with E-state index in [2.05, 4.69) is 51.9 Å². The third-order valence-electron chi connectivity index (χ3n) is 3.11. The lowest BCUT2D eigenvalue weighted by Gasteiger charge is -2.26. The van der Waals surface area contributed by atoms with Gasteiger partial charge in [-0.3, -0.25) is 0 Å². The number of nitrogens with one attached hydrogen (secondary N) is 1. The second kappa shape index (κ2) is 8.93. The minimum atomic E-state index is 0.243. The van der Waals surface area contributed by atoms with Gasteiger partial charge in [-0.2, -0.15) is 0 Å². The summed E-state index contributed by atoms with van der Waals surface area (Å²) in [6.07, 6.45) is 5.40. The summed E-state index contributed by atoms with van der Waals surface area (Å²) >= 11 is 0. The van der Waals surface area contributed by atoms with Crippen molar-refractivity contribution in [1.29, 1.82) is 0 Å². The molecule has 0 aliphatic carbocycles. The van der Waals surface area contributed by atoms with E-state index in [9.17, 15) is 0 Å². The Labute approximate surface area is 109 Å². The van der Waals surface area contributed by atoms with Crippen molar-refractivity contribution >= 4 is 0 Å². The van der Waals surface area contributed by atoms with Crippen LogP contribution in [0.2, 0.25) is 0 Å². The predicted molar refractivity (Wildman–Crippen MR) is 78.6 cm³/mol. The van der Waals surface area contributed by atoms with Gasteiger partial charge in [-0.15, -0.1) is 0 Å². The van der Waals surface area contributed by atoms with Crippen LogP contribution in [0.4, 0.5) is 0 Å². The number of hydrogen-bond acceptors (Lipinski definition) is 2. The highest BCUT2D eigenvalue weighted by Gasteiger charge is 2.11. The number of nitrogens with zero attached hydrogens (tertiary/aromatic N) is 1. The van der Waals surface area contributed by atoms with E-state index < -0.39 is 0 Å². The minimum Gasteiger partial charge on any atom is -0.311 e. The molecular weight excluding hydrogens is 208 g/mol. The molecule has 2 nitrogen and oxygen atoms in total. The van der Waals surface area contributed by atoms with Crippen molar-refractivity contribution in [2.45, 2.75) is 65.8 Å². The number of rotatable bonds is 9. The molecule has 0 unspecified atom stereocenters. The predicted octanol–water partition coefficient (Wildman–Crippen LogP) is 3.52. The summed E-state index contributed by atoms with van der Waals surface area (Å²) < 4.78 is 0. The van der Waals surface area contributed by atoms with Crippen LogP contribution in [0.5, 0.6) is 0 Å². The van der Waals surface area contributed by atoms with Crippen molar-refractivity contribution in [2.75, 3.05) is 26.7 Å². The average molecular weight is 242 g/mol. The molecule has 0 saturated carbocycles. The molecule has 0 aromatic heterocycles. The maximum absolute atomic E-state index is 3.55. The van der Waals surface area contributed by atoms with Crippen molar-refractivity contribution < 1.29 is 0 Å². The molecule has 0 atom stereocenters. The fraction of sp³-hybridized carbons (Fsp3) is 1.00. The maximum Gasteiger partial charge on any atom is 0.0104 e. The first-order valence-electron chi connectivity index (χ1n) is 7.32. The van der Waals surface area contributed by atoms with Gasteiger partial charge < -0.3 is 10.2 Å². The Hall–Kier alpha value is -0.0800. The molecule has 17 heavy (non-hydrogen) atoms. The Balaban J connectivity index is 3.77. The molecule has 0 radical (unpaired) electrons. The van der Waals surface area contributed by atoms with Crippen LogP contribution in [0.3, 0.4) is 0 Å². The van der Waals surface area contributed by atoms with Crippen LogP contribution in [0.25, 0.3) is 0 Å². The van der Waals surface area contributed by atoms with Crippen LogP contribution in [0, 0.1) is 5.92 Å². The molecule has 0 saturated heterocycles. The van der Waals surface area contributed by atoms with Gasteiger partial charge in [0.1, 0.15) is 0 Å². The highest BCUT2D eigenvalue weighted by molar-refractivity contribution is 4.71. The summed E-state index contributed by atoms with van der Waals surface area (Å²) in [7, 11) is 2.25. The van der Waals surface area contributed by atoms with E-state index in [4.69, 9.17) is 0 Å². The van der Waals surface area contributed by atoms with Crippen molar-refractivity contribution in [1.82, 2.24) is 10.2 Å². The number of likely N-dealkylation sites (N-methyl/N-ethyl adjacent to an activating group) is 1. The third kappa shape index (κ3) is 10.8. The highest BCUT2D eigenvalue weighted by atomic mass is 15.1. The second-order valence-corrected chi connectivity index (χ2v) is 6.38. The minimum absolute atomic E-state index is 0.243. The van der Waals surface area contributed by atoms with E-state index in [0.717, 1.165) is 19.0 Å². The molecule has 0 aliphatic heterocycles. The molecule has 0 rings (SSSR count). The maximum atomic E-state index is 3.55. The zero-order valence-corrected chi connectivity index (χ0v) is 13.0. The third-order valence-corrected chi connectivity index (χ3v) is 3.11. The monoisotopic (exact) mass is 242 g/mol. The van der Waals surface area contributed by atoms with E-state index in [-0.39, 0.29) is 5.54 Å². The molecule has 0 amide bonds. The Bertz CT molecular complexity index is 166. The Morgan fingerprint density at radius 2 is 1.59 bits per heavy atom. The van der Waals surface area contributed by atoms with Gasteiger partial charge in [-0.25, -0.2) is 0 Å². The summed E-state index contributed by atoms with van der Waals surface area (Å²) in [4.78, 5) is 2.48. The smallest absolute Gasteiger partial charge is 0.0104 e. The van der Waals surface area contributed by atoms with Crippen LogP contribution in [0.15, 0.2) is 0 Å². The Kier molecular flexibility index (Phi) is 8.89. The number of hydrogen-bond donors (Lipinski definition) is 1. The van der Waals surface area contributed by atoms with Crippen molar-refractivity contribution in [3.63, 3.8) is 0 Å². The van der Waals surface area contributed by atoms with Crippen LogP contribution in [-0.4, -0.2) is 37.1 Å². The first kappa shape index (κ1) is 16.9. The summed E-state index contributed by atoms with van der Waals surface area (Å²) in [5.41, 5.74) is 0.243. The van der Waals surface area contributed by atoms with Crippen LogP contribution < -0.4 is 5.32 Å². The van der Waals surface area contributed by atoms with Crippen LogP contribution >= 0.6 is 0 Å². The van der Waals surface area contributed by atoms with Gasteiger partial charge in [-0.05, 0) is 46.6 Å². The van der Waals surface area contributed by atoms with Crippen LogP contribution in [0.1, 0.15) is 60.3 Å². The normalized spacial score (nSPS) is 12.7. The van der Waals surface area contributed by atoms with E-state index >= 15 is 0 Å². The molecule has 0 spiro atoms. The summed E-state index contributed by atoms with van der Waals surface area (Å²) in [5.74, 6) is 0.893. The van der Waals surface area contributed by atoms with E-state index in [1.54, 1.807) is 0 Å². The molecule has 0 aromatic rings. The van der Waals surface area contributed by atoms with Gasteiger partial charge in [-0.1, -0.05) is 26.7 Å². The molecule has 0 heterocycles. The zero-order chi connectivity index (χ0) is 13.3. The molecule has 0 aromatic carbocycles. The largest absolute Gasteiger partial charge is 0.311 e. The first-order valence-corrected chi connectivity index (χ1v) is 7.32. The van der Waals surface area contributed by atoms with Crippen molar-refractivity contribution in [2.24, 2.45) is 5.92 Å². The standard InChI is InChI=1S/C15H34N2/c1-7-9-14(10-8-2)13-17(6)12-11-16-15(3,4)5/h14,16H,7-13H2,1-6H3. The van der Waals surface area contributed by atoms with E-state index in [1.807, 2.05) is 0 Å². The Morgan fingerprint density at radius 1 is 1.06 bits per heavy atom. The average Bonchev–Trinajstić information content (AvgIpc) is 2.16. The second-order valence-electron chi connectivity index (χ2n) is 6.38. The summed E-state index contributed by atoms with van der Waals surface area (Å²) in [6.45, 7) is 14.8. The molecule has 0 fully saturated rings. The summed E-state index contributed by atoms with van der Waals surface area (Å²) in [6, 6.07) is 0. The summed E-state index contributed by atoms with van der Waals surface area (Å²) in [5, 5.41) is 3.55. The van der Waals surface area contributed by atoms with Crippen LogP contribution in [-0.2, 0) is 0 Å². The SMILES string of the molecule is CCCC(CCC)CN(C)CCNC(C)(C)C. The molecule has 0 aliphatic rings. The van der Waals surface area contributed by atoms with Gasteiger partial charge in [0, 0.05) is 25.2 Å². The van der Waals surface area contributed by atoms with Gasteiger partial charge in [0.2, 0.25) is 0 Å². The van der Waals surface area contributed by atoms with Crippen molar-refractivity contribution in [3.8, 4) is 0 Å². The molecule has 104 valence electrons. The molecule has 1 N–H and O–H groups in total. The Morgan fingerprint density at radius 3 is 2.00 bits per heavy atom. The molecule has 0 bridgehead atoms. The van der Waals surface area contributed by atoms with Gasteiger partial charge in [0.15, 0.2) is 0 Å². The molecule has 2 heteroatoms. The highest BCUT2D eigenvalue weighted by Crippen LogP contribution is 2.14. The quantitative estimate of drug-likeness (QED) is 0.665. The van der Waals surface area contributed by atoms with Gasteiger partial charge in [0.25, 0.3) is 0 Å². The lowest BCUT2D eigenvalue weighted by Crippen LogP contribution is -2.41. The zero-order valence-electron chi connectivity index (χ0n) is 13.0. The van der Waals surface area contributed by atoms with E-state index in [0.29, 0.717) is 0 Å². The topological polar surface area (TPSA) is 15.3 Å². The van der Waals surface area contributed by atoms with Gasteiger partial charge in [0.05, 0.1) is 0 Å². The lowest BCUT2D eigenvalue weighted by molar-refractivity contribution is 0.248. The van der Waals surface area contributed by atoms with Crippen molar-refractivity contribution in [3.05, 3.63) is 0 Å². The first-order chi connectivity index (χ1) is 7.89. The molecular formula is C15H34N2. The van der Waals surface area contributed by atoms with Gasteiger partial charge >= 0.3 is 0 Å². The fourth-order valence-corrected chi connectivity index (χ4v) is 2.30.